The molecule has 1 heterocycles. The van der Waals surface area contributed by atoms with Gasteiger partial charge in [-0.25, -0.2) is 4.79 Å². The van der Waals surface area contributed by atoms with Crippen molar-refractivity contribution in [2.24, 2.45) is 0 Å². The number of rotatable bonds is 11. The summed E-state index contributed by atoms with van der Waals surface area (Å²) < 4.78 is 10.9. The van der Waals surface area contributed by atoms with Crippen molar-refractivity contribution in [2.45, 2.75) is 46.0 Å². The van der Waals surface area contributed by atoms with Gasteiger partial charge in [0.05, 0.1) is 13.2 Å². The molecule has 0 atom stereocenters. The minimum Gasteiger partial charge on any atom is -0.493 e. The van der Waals surface area contributed by atoms with E-state index >= 15 is 0 Å². The number of carbonyl (C=O) groups excluding carboxylic acids is 3. The normalized spacial score (nSPS) is 12.9. The molecule has 164 valence electrons. The number of hydrogen-bond acceptors (Lipinski definition) is 5. The Morgan fingerprint density at radius 1 is 0.968 bits per heavy atom. The van der Waals surface area contributed by atoms with Crippen molar-refractivity contribution in [3.05, 3.63) is 53.6 Å². The lowest BCUT2D eigenvalue weighted by Gasteiger charge is -2.27. The largest absolute Gasteiger partial charge is 0.493 e. The number of hydrogen-bond donors (Lipinski definition) is 0. The smallest absolute Gasteiger partial charge is 0.333 e. The minimum absolute atomic E-state index is 0.233. The van der Waals surface area contributed by atoms with Crippen molar-refractivity contribution in [2.75, 3.05) is 19.8 Å². The van der Waals surface area contributed by atoms with Gasteiger partial charge in [0.2, 0.25) is 0 Å². The highest BCUT2D eigenvalue weighted by molar-refractivity contribution is 6.26. The molecule has 2 aromatic rings. The summed E-state index contributed by atoms with van der Waals surface area (Å²) in [6.07, 6.45) is 4.52. The molecule has 1 aliphatic rings. The molecule has 0 saturated carbocycles. The zero-order chi connectivity index (χ0) is 22.4. The molecule has 6 nitrogen and oxygen atoms in total. The summed E-state index contributed by atoms with van der Waals surface area (Å²) in [5.74, 6) is -0.311. The summed E-state index contributed by atoms with van der Waals surface area (Å²) in [6, 6.07) is 8.93. The van der Waals surface area contributed by atoms with Crippen molar-refractivity contribution in [1.82, 2.24) is 4.90 Å². The molecule has 0 N–H and O–H groups in total. The second-order valence-corrected chi connectivity index (χ2v) is 7.78. The standard InChI is InChI=1S/C25H29NO5/c1-4-5-6-7-14-26-23(27)19-11-8-10-18-21(13-12-20(22(18)19)24(26)28)30-15-9-16-31-25(29)17(2)3/h8,10-13H,2,4-7,9,14-16H2,1,3H3. The van der Waals surface area contributed by atoms with E-state index in [0.717, 1.165) is 31.1 Å². The SMILES string of the molecule is C=C(C)C(=O)OCCCOc1ccc2c3c(cccc13)C(=O)N(CCCCCC)C2=O. The van der Waals surface area contributed by atoms with Crippen LogP contribution in [0.15, 0.2) is 42.5 Å². The van der Waals surface area contributed by atoms with Crippen molar-refractivity contribution < 1.29 is 23.9 Å². The molecule has 3 rings (SSSR count). The van der Waals surface area contributed by atoms with Crippen LogP contribution in [0.3, 0.4) is 0 Å². The lowest BCUT2D eigenvalue weighted by atomic mass is 9.93. The Labute approximate surface area is 182 Å². The highest BCUT2D eigenvalue weighted by Crippen LogP contribution is 2.35. The van der Waals surface area contributed by atoms with Crippen LogP contribution in [0.1, 0.15) is 66.7 Å². The molecule has 0 fully saturated rings. The number of esters is 1. The molecule has 0 radical (unpaired) electrons. The zero-order valence-electron chi connectivity index (χ0n) is 18.2. The molecule has 31 heavy (non-hydrogen) atoms. The maximum Gasteiger partial charge on any atom is 0.333 e. The first kappa shape index (κ1) is 22.5. The van der Waals surface area contributed by atoms with Crippen molar-refractivity contribution in [1.29, 1.82) is 0 Å². The van der Waals surface area contributed by atoms with E-state index in [4.69, 9.17) is 9.47 Å². The van der Waals surface area contributed by atoms with Crippen LogP contribution in [0.25, 0.3) is 10.8 Å². The van der Waals surface area contributed by atoms with Gasteiger partial charge in [-0.05, 0) is 31.5 Å². The minimum atomic E-state index is -0.419. The summed E-state index contributed by atoms with van der Waals surface area (Å²) in [7, 11) is 0. The van der Waals surface area contributed by atoms with Gasteiger partial charge in [-0.3, -0.25) is 14.5 Å². The van der Waals surface area contributed by atoms with Crippen molar-refractivity contribution in [3.63, 3.8) is 0 Å². The number of amides is 2. The Hall–Kier alpha value is -3.15. The first-order chi connectivity index (χ1) is 15.0. The fourth-order valence-electron chi connectivity index (χ4n) is 3.67. The molecular formula is C25H29NO5. The molecule has 1 aliphatic heterocycles. The first-order valence-corrected chi connectivity index (χ1v) is 10.8. The third-order valence-corrected chi connectivity index (χ3v) is 5.31. The van der Waals surface area contributed by atoms with Crippen LogP contribution in [0.5, 0.6) is 5.75 Å². The molecule has 0 saturated heterocycles. The van der Waals surface area contributed by atoms with Crippen LogP contribution >= 0.6 is 0 Å². The second-order valence-electron chi connectivity index (χ2n) is 7.78. The van der Waals surface area contributed by atoms with Gasteiger partial charge in [-0.2, -0.15) is 0 Å². The Kier molecular flexibility index (Phi) is 7.45. The van der Waals surface area contributed by atoms with E-state index in [1.807, 2.05) is 12.1 Å². The predicted octanol–water partition coefficient (Wildman–Crippen LogP) is 4.90. The summed E-state index contributed by atoms with van der Waals surface area (Å²) >= 11 is 0. The van der Waals surface area contributed by atoms with E-state index in [2.05, 4.69) is 13.5 Å². The summed E-state index contributed by atoms with van der Waals surface area (Å²) in [6.45, 7) is 8.28. The fourth-order valence-corrected chi connectivity index (χ4v) is 3.67. The molecule has 6 heteroatoms. The van der Waals surface area contributed by atoms with E-state index < -0.39 is 5.97 Å². The van der Waals surface area contributed by atoms with Gasteiger partial charge in [-0.15, -0.1) is 0 Å². The highest BCUT2D eigenvalue weighted by Gasteiger charge is 2.33. The molecule has 0 aliphatic carbocycles. The Morgan fingerprint density at radius 3 is 2.42 bits per heavy atom. The van der Waals surface area contributed by atoms with E-state index in [-0.39, 0.29) is 18.4 Å². The zero-order valence-corrected chi connectivity index (χ0v) is 18.2. The highest BCUT2D eigenvalue weighted by atomic mass is 16.5. The van der Waals surface area contributed by atoms with Crippen LogP contribution < -0.4 is 4.74 Å². The van der Waals surface area contributed by atoms with Crippen LogP contribution in [-0.2, 0) is 9.53 Å². The summed E-state index contributed by atoms with van der Waals surface area (Å²) in [5, 5.41) is 1.38. The van der Waals surface area contributed by atoms with E-state index in [1.165, 1.54) is 4.90 Å². The van der Waals surface area contributed by atoms with Gasteiger partial charge >= 0.3 is 5.97 Å². The number of benzene rings is 2. The van der Waals surface area contributed by atoms with Crippen LogP contribution in [-0.4, -0.2) is 42.4 Å². The predicted molar refractivity (Wildman–Crippen MR) is 119 cm³/mol. The molecule has 0 spiro atoms. The van der Waals surface area contributed by atoms with E-state index in [0.29, 0.717) is 47.4 Å². The van der Waals surface area contributed by atoms with E-state index in [1.54, 1.807) is 25.1 Å². The molecular weight excluding hydrogens is 394 g/mol. The maximum absolute atomic E-state index is 13.0. The average molecular weight is 424 g/mol. The van der Waals surface area contributed by atoms with Crippen LogP contribution in [0.4, 0.5) is 0 Å². The van der Waals surface area contributed by atoms with Crippen LogP contribution in [0, 0.1) is 0 Å². The number of ether oxygens (including phenoxy) is 2. The topological polar surface area (TPSA) is 72.9 Å². The van der Waals surface area contributed by atoms with E-state index in [9.17, 15) is 14.4 Å². The third kappa shape index (κ3) is 4.95. The summed E-state index contributed by atoms with van der Waals surface area (Å²) in [5.41, 5.74) is 1.42. The van der Waals surface area contributed by atoms with Gasteiger partial charge in [0.25, 0.3) is 11.8 Å². The quantitative estimate of drug-likeness (QED) is 0.222. The Bertz CT molecular complexity index is 988. The van der Waals surface area contributed by atoms with Crippen molar-refractivity contribution >= 4 is 28.6 Å². The van der Waals surface area contributed by atoms with Gasteiger partial charge in [0, 0.05) is 40.4 Å². The maximum atomic E-state index is 13.0. The van der Waals surface area contributed by atoms with Crippen LogP contribution in [0.2, 0.25) is 0 Å². The second kappa shape index (κ2) is 10.2. The Balaban J connectivity index is 1.74. The number of carbonyl (C=O) groups is 3. The van der Waals surface area contributed by atoms with Gasteiger partial charge in [0.1, 0.15) is 5.75 Å². The number of unbranched alkanes of at least 4 members (excludes halogenated alkanes) is 3. The molecule has 0 bridgehead atoms. The summed E-state index contributed by atoms with van der Waals surface area (Å²) in [4.78, 5) is 38.8. The van der Waals surface area contributed by atoms with Gasteiger partial charge in [0.15, 0.2) is 0 Å². The molecule has 0 aromatic heterocycles. The Morgan fingerprint density at radius 2 is 1.71 bits per heavy atom. The lowest BCUT2D eigenvalue weighted by molar-refractivity contribution is -0.139. The number of nitrogens with zero attached hydrogens (tertiary/aromatic N) is 1. The molecule has 2 aromatic carbocycles. The first-order valence-electron chi connectivity index (χ1n) is 10.8. The third-order valence-electron chi connectivity index (χ3n) is 5.31. The lowest BCUT2D eigenvalue weighted by Crippen LogP contribution is -2.40. The van der Waals surface area contributed by atoms with Crippen molar-refractivity contribution in [3.8, 4) is 5.75 Å². The average Bonchev–Trinajstić information content (AvgIpc) is 2.76. The monoisotopic (exact) mass is 423 g/mol. The number of imide groups is 1. The molecule has 0 unspecified atom stereocenters. The molecule has 2 amide bonds. The van der Waals surface area contributed by atoms with Gasteiger partial charge in [-0.1, -0.05) is 44.9 Å². The fraction of sp³-hybridized carbons (Fsp3) is 0.400. The van der Waals surface area contributed by atoms with Gasteiger partial charge < -0.3 is 9.47 Å².